The summed E-state index contributed by atoms with van der Waals surface area (Å²) in [5.41, 5.74) is 1.55. The molecule has 82 heavy (non-hydrogen) atoms. The molecule has 0 aliphatic rings. The molecular formula is C61H54F3N7O11. The zero-order valence-corrected chi connectivity index (χ0v) is 43.6. The number of H-pyrrole nitrogens is 3. The number of nitrogens with one attached hydrogen (secondary N) is 6. The van der Waals surface area contributed by atoms with E-state index in [1.165, 1.54) is 54.6 Å². The average Bonchev–Trinajstić information content (AvgIpc) is 4.02. The number of hydrogen-bond acceptors (Lipinski definition) is 8. The minimum Gasteiger partial charge on any atom is -0.480 e. The molecule has 21 heteroatoms. The highest BCUT2D eigenvalue weighted by atomic mass is 19.1. The maximum atomic E-state index is 15.2. The predicted octanol–water partition coefficient (Wildman–Crippen LogP) is 9.64. The summed E-state index contributed by atoms with van der Waals surface area (Å²) in [6, 6.07) is 32.9. The fourth-order valence-corrected chi connectivity index (χ4v) is 10.6. The van der Waals surface area contributed by atoms with Gasteiger partial charge in [0.05, 0.1) is 17.1 Å². The highest BCUT2D eigenvalue weighted by Gasteiger charge is 2.44. The number of fused-ring (bicyclic) bond motifs is 3. The fourth-order valence-electron chi connectivity index (χ4n) is 10.6. The number of halogens is 3. The number of rotatable bonds is 25. The second-order valence-corrected chi connectivity index (χ2v) is 20.0. The molecule has 0 bridgehead atoms. The van der Waals surface area contributed by atoms with Crippen LogP contribution in [0.1, 0.15) is 55.2 Å². The number of aromatic nitrogens is 3. The van der Waals surface area contributed by atoms with Crippen molar-refractivity contribution >= 4 is 68.3 Å². The Morgan fingerprint density at radius 3 is 0.951 bits per heavy atom. The van der Waals surface area contributed by atoms with E-state index in [1.54, 1.807) is 91.0 Å². The molecule has 420 valence electrons. The maximum Gasteiger partial charge on any atom is 0.326 e. The Labute approximate surface area is 464 Å². The third-order valence-electron chi connectivity index (χ3n) is 14.8. The van der Waals surface area contributed by atoms with E-state index in [0.29, 0.717) is 49.4 Å². The number of carboxylic acid groups (broad SMARTS) is 3. The molecule has 0 radical (unpaired) electrons. The molecular weight excluding hydrogens is 1060 g/mol. The van der Waals surface area contributed by atoms with E-state index in [2.05, 4.69) is 30.9 Å². The van der Waals surface area contributed by atoms with Crippen LogP contribution in [0.2, 0.25) is 0 Å². The van der Waals surface area contributed by atoms with Crippen LogP contribution in [0, 0.1) is 27.6 Å². The van der Waals surface area contributed by atoms with E-state index in [4.69, 9.17) is 0 Å². The monoisotopic (exact) mass is 1120 g/mol. The number of nitrogens with zero attached hydrogens (tertiary/aromatic N) is 1. The lowest BCUT2D eigenvalue weighted by molar-refractivity contribution is -0.573. The fraction of sp³-hybridized carbons (Fsp3) is 0.213. The highest BCUT2D eigenvalue weighted by molar-refractivity contribution is 5.95. The second-order valence-electron chi connectivity index (χ2n) is 20.0. The summed E-state index contributed by atoms with van der Waals surface area (Å²) < 4.78 is 45.7. The second kappa shape index (κ2) is 24.5. The van der Waals surface area contributed by atoms with Gasteiger partial charge >= 0.3 is 17.9 Å². The quantitative estimate of drug-likeness (QED) is 0.0192. The topological polar surface area (TPSA) is 290 Å². The summed E-state index contributed by atoms with van der Waals surface area (Å²) in [4.78, 5) is 103. The van der Waals surface area contributed by atoms with Crippen molar-refractivity contribution < 1.29 is 62.2 Å². The molecule has 0 spiro atoms. The van der Waals surface area contributed by atoms with Gasteiger partial charge in [0.2, 0.25) is 23.3 Å². The number of carbonyl (C=O) groups excluding carboxylic acids is 3. The minimum absolute atomic E-state index is 0.132. The molecule has 0 fully saturated rings. The van der Waals surface area contributed by atoms with Gasteiger partial charge in [-0.2, -0.15) is 0 Å². The molecule has 3 atom stereocenters. The van der Waals surface area contributed by atoms with Gasteiger partial charge in [-0.15, -0.1) is 0 Å². The van der Waals surface area contributed by atoms with Gasteiger partial charge in [0.25, 0.3) is 0 Å². The van der Waals surface area contributed by atoms with E-state index in [1.807, 2.05) is 0 Å². The number of nitro groups is 1. The van der Waals surface area contributed by atoms with Crippen molar-refractivity contribution in [3.05, 3.63) is 190 Å². The van der Waals surface area contributed by atoms with Gasteiger partial charge in [0, 0.05) is 112 Å². The normalized spacial score (nSPS) is 13.3. The van der Waals surface area contributed by atoms with Gasteiger partial charge < -0.3 is 46.2 Å². The Morgan fingerprint density at radius 2 is 0.695 bits per heavy atom. The number of carbonyl (C=O) groups is 6. The lowest BCUT2D eigenvalue weighted by Gasteiger charge is -2.26. The van der Waals surface area contributed by atoms with Crippen molar-refractivity contribution in [2.24, 2.45) is 0 Å². The van der Waals surface area contributed by atoms with Crippen molar-refractivity contribution in [2.45, 2.75) is 81.5 Å². The molecule has 6 aromatic carbocycles. The molecule has 0 aliphatic carbocycles. The largest absolute Gasteiger partial charge is 0.480 e. The van der Waals surface area contributed by atoms with Crippen molar-refractivity contribution in [2.75, 3.05) is 0 Å². The summed E-state index contributed by atoms with van der Waals surface area (Å²) in [5, 5.41) is 53.8. The van der Waals surface area contributed by atoms with Crippen molar-refractivity contribution in [3.63, 3.8) is 0 Å². The third-order valence-corrected chi connectivity index (χ3v) is 14.8. The molecule has 9 N–H and O–H groups in total. The molecule has 3 amide bonds. The van der Waals surface area contributed by atoms with E-state index in [-0.39, 0.29) is 53.0 Å². The first-order valence-corrected chi connectivity index (χ1v) is 26.2. The van der Waals surface area contributed by atoms with Crippen LogP contribution < -0.4 is 16.0 Å². The number of para-hydroxylation sites is 3. The van der Waals surface area contributed by atoms with E-state index < -0.39 is 120 Å². The van der Waals surface area contributed by atoms with E-state index >= 15 is 13.2 Å². The maximum absolute atomic E-state index is 15.2. The molecule has 9 rings (SSSR count). The van der Waals surface area contributed by atoms with Crippen LogP contribution in [-0.4, -0.2) is 94.5 Å². The standard InChI is InChI=1S/C61H54F3N7O11/c62-43-19-7-1-16-37(43)55-40(34-13-4-10-22-46(34)68-55)31-49(58(75)76)65-52(72)25-28-61(71(81)82,29-26-53(73)66-50(59(77)78)32-41-35-14-5-11-23-47(35)69-56(41)38-17-2-8-20-44(38)63)30-27-54(74)67-51(60(79)80)33-42-36-15-6-12-24-48(36)70-57(42)39-18-3-9-21-45(39)64/h1-24,49-51,68-70H,25-33H2,(H,65,72)(H,66,73)(H,67,74)(H,75,76)(H,77,78)(H,79,80). The Bertz CT molecular complexity index is 3540. The summed E-state index contributed by atoms with van der Waals surface area (Å²) in [6.45, 7) is 0. The molecule has 0 saturated carbocycles. The molecule has 3 aromatic heterocycles. The number of hydrogen-bond donors (Lipinski definition) is 9. The molecule has 0 saturated heterocycles. The number of carboxylic acids is 3. The molecule has 0 aliphatic heterocycles. The SMILES string of the molecule is O=C(CCC(CCC(=O)NC(Cc1c(-c2ccccc2F)[nH]c2ccccc12)C(=O)O)(CCC(=O)NC(Cc1c(-c2ccccc2F)[nH]c2ccccc12)C(=O)O)[N+](=O)[O-])NC(Cc1c(-c2ccccc2F)[nH]c2ccccc12)C(=O)O. The Morgan fingerprint density at radius 1 is 0.439 bits per heavy atom. The first kappa shape index (κ1) is 56.7. The van der Waals surface area contributed by atoms with Crippen LogP contribution in [0.25, 0.3) is 66.5 Å². The number of aromatic amines is 3. The van der Waals surface area contributed by atoms with Crippen LogP contribution in [0.5, 0.6) is 0 Å². The first-order chi connectivity index (χ1) is 39.4. The number of aliphatic carboxylic acids is 3. The summed E-state index contributed by atoms with van der Waals surface area (Å²) in [6.07, 6.45) is -5.45. The summed E-state index contributed by atoms with van der Waals surface area (Å²) >= 11 is 0. The number of amides is 3. The molecule has 9 aromatic rings. The number of benzene rings is 6. The third kappa shape index (κ3) is 12.4. The van der Waals surface area contributed by atoms with Crippen LogP contribution in [0.15, 0.2) is 146 Å². The Hall–Kier alpha value is -10.1. The van der Waals surface area contributed by atoms with Crippen LogP contribution in [0.3, 0.4) is 0 Å². The van der Waals surface area contributed by atoms with Gasteiger partial charge in [-0.3, -0.25) is 24.5 Å². The average molecular weight is 1120 g/mol. The smallest absolute Gasteiger partial charge is 0.326 e. The van der Waals surface area contributed by atoms with Gasteiger partial charge in [-0.1, -0.05) is 91.0 Å². The Balaban J connectivity index is 0.964. The van der Waals surface area contributed by atoms with Crippen LogP contribution in [-0.2, 0) is 48.0 Å². The lowest BCUT2D eigenvalue weighted by atomic mass is 9.83. The Kier molecular flexibility index (Phi) is 17.0. The van der Waals surface area contributed by atoms with Gasteiger partial charge in [-0.25, -0.2) is 27.6 Å². The zero-order valence-electron chi connectivity index (χ0n) is 43.6. The molecule has 3 unspecified atom stereocenters. The van der Waals surface area contributed by atoms with Crippen molar-refractivity contribution in [1.29, 1.82) is 0 Å². The van der Waals surface area contributed by atoms with E-state index in [9.17, 15) is 54.2 Å². The summed E-state index contributed by atoms with van der Waals surface area (Å²) in [7, 11) is 0. The highest BCUT2D eigenvalue weighted by Crippen LogP contribution is 2.37. The van der Waals surface area contributed by atoms with Gasteiger partial charge in [0.1, 0.15) is 35.6 Å². The van der Waals surface area contributed by atoms with Crippen LogP contribution in [0.4, 0.5) is 13.2 Å². The minimum atomic E-state index is -2.35. The van der Waals surface area contributed by atoms with Gasteiger partial charge in [0.15, 0.2) is 0 Å². The van der Waals surface area contributed by atoms with E-state index in [0.717, 1.165) is 0 Å². The zero-order chi connectivity index (χ0) is 58.2. The van der Waals surface area contributed by atoms with Crippen LogP contribution >= 0.6 is 0 Å². The van der Waals surface area contributed by atoms with Crippen molar-refractivity contribution in [1.82, 2.24) is 30.9 Å². The first-order valence-electron chi connectivity index (χ1n) is 26.2. The van der Waals surface area contributed by atoms with Gasteiger partial charge in [-0.05, 0) is 71.3 Å². The summed E-state index contributed by atoms with van der Waals surface area (Å²) in [5.74, 6) is -9.23. The van der Waals surface area contributed by atoms with Crippen molar-refractivity contribution in [3.8, 4) is 33.8 Å². The molecule has 18 nitrogen and oxygen atoms in total. The molecule has 3 heterocycles. The predicted molar refractivity (Wildman–Crippen MR) is 298 cm³/mol. The lowest BCUT2D eigenvalue weighted by Crippen LogP contribution is -2.47.